The molecule has 0 fully saturated rings. The maximum absolute atomic E-state index is 5.71. The van der Waals surface area contributed by atoms with E-state index in [0.717, 1.165) is 44.8 Å². The van der Waals surface area contributed by atoms with E-state index in [2.05, 4.69) is 30.0 Å². The van der Waals surface area contributed by atoms with Gasteiger partial charge in [0.2, 0.25) is 0 Å². The van der Waals surface area contributed by atoms with Crippen LogP contribution in [0.15, 0.2) is 24.3 Å². The summed E-state index contributed by atoms with van der Waals surface area (Å²) in [5.41, 5.74) is 6.93. The normalized spacial score (nSPS) is 17.9. The van der Waals surface area contributed by atoms with Gasteiger partial charge in [-0.05, 0) is 24.6 Å². The van der Waals surface area contributed by atoms with Crippen molar-refractivity contribution in [3.8, 4) is 5.75 Å². The number of benzene rings is 1. The SMILES string of the molecule is CCN(CCC(N)=S)CC1CCOc2ccccc21. The molecule has 0 radical (unpaired) electrons. The summed E-state index contributed by atoms with van der Waals surface area (Å²) in [5.74, 6) is 1.60. The molecule has 0 saturated heterocycles. The monoisotopic (exact) mass is 278 g/mol. The van der Waals surface area contributed by atoms with E-state index < -0.39 is 0 Å². The molecule has 0 aliphatic carbocycles. The summed E-state index contributed by atoms with van der Waals surface area (Å²) < 4.78 is 5.71. The van der Waals surface area contributed by atoms with Gasteiger partial charge in [0.1, 0.15) is 5.75 Å². The Morgan fingerprint density at radius 2 is 2.26 bits per heavy atom. The van der Waals surface area contributed by atoms with Crippen LogP contribution in [0.2, 0.25) is 0 Å². The molecule has 0 spiro atoms. The third-order valence-electron chi connectivity index (χ3n) is 3.68. The Kier molecular flexibility index (Phi) is 5.16. The Bertz CT molecular complexity index is 436. The van der Waals surface area contributed by atoms with Crippen LogP contribution < -0.4 is 10.5 Å². The average molecular weight is 278 g/mol. The van der Waals surface area contributed by atoms with E-state index in [4.69, 9.17) is 22.7 Å². The molecule has 0 amide bonds. The quantitative estimate of drug-likeness (QED) is 0.812. The molecule has 1 unspecified atom stereocenters. The van der Waals surface area contributed by atoms with Crippen LogP contribution in [-0.4, -0.2) is 36.1 Å². The van der Waals surface area contributed by atoms with E-state index >= 15 is 0 Å². The van der Waals surface area contributed by atoms with Crippen LogP contribution in [0.1, 0.15) is 31.2 Å². The molecule has 104 valence electrons. The minimum atomic E-state index is 0.552. The lowest BCUT2D eigenvalue weighted by molar-refractivity contribution is 0.219. The van der Waals surface area contributed by atoms with Crippen molar-refractivity contribution in [2.75, 3.05) is 26.2 Å². The first kappa shape index (κ1) is 14.3. The zero-order valence-electron chi connectivity index (χ0n) is 11.5. The highest BCUT2D eigenvalue weighted by Gasteiger charge is 2.22. The van der Waals surface area contributed by atoms with Crippen molar-refractivity contribution in [1.29, 1.82) is 0 Å². The fraction of sp³-hybridized carbons (Fsp3) is 0.533. The maximum atomic E-state index is 5.71. The summed E-state index contributed by atoms with van der Waals surface area (Å²) in [5, 5.41) is 0. The van der Waals surface area contributed by atoms with Gasteiger partial charge in [0.15, 0.2) is 0 Å². The Hall–Kier alpha value is -1.13. The molecule has 3 nitrogen and oxygen atoms in total. The zero-order chi connectivity index (χ0) is 13.7. The van der Waals surface area contributed by atoms with E-state index in [9.17, 15) is 0 Å². The minimum Gasteiger partial charge on any atom is -0.493 e. The molecular formula is C15H22N2OS. The van der Waals surface area contributed by atoms with Crippen LogP contribution in [0.5, 0.6) is 5.75 Å². The van der Waals surface area contributed by atoms with Crippen molar-refractivity contribution in [2.45, 2.75) is 25.7 Å². The number of thiocarbonyl (C=S) groups is 1. The zero-order valence-corrected chi connectivity index (χ0v) is 12.3. The molecule has 1 atom stereocenters. The number of fused-ring (bicyclic) bond motifs is 1. The van der Waals surface area contributed by atoms with Crippen molar-refractivity contribution in [2.24, 2.45) is 5.73 Å². The molecule has 4 heteroatoms. The maximum Gasteiger partial charge on any atom is 0.122 e. The Morgan fingerprint density at radius 3 is 3.00 bits per heavy atom. The Balaban J connectivity index is 2.00. The lowest BCUT2D eigenvalue weighted by Crippen LogP contribution is -2.33. The summed E-state index contributed by atoms with van der Waals surface area (Å²) in [6, 6.07) is 8.37. The third-order valence-corrected chi connectivity index (χ3v) is 3.89. The molecule has 19 heavy (non-hydrogen) atoms. The van der Waals surface area contributed by atoms with Gasteiger partial charge in [-0.15, -0.1) is 0 Å². The minimum absolute atomic E-state index is 0.552. The Morgan fingerprint density at radius 1 is 1.47 bits per heavy atom. The first-order chi connectivity index (χ1) is 9.20. The lowest BCUT2D eigenvalue weighted by atomic mass is 9.92. The highest BCUT2D eigenvalue weighted by atomic mass is 32.1. The van der Waals surface area contributed by atoms with E-state index in [0.29, 0.717) is 10.9 Å². The highest BCUT2D eigenvalue weighted by molar-refractivity contribution is 7.80. The van der Waals surface area contributed by atoms with Gasteiger partial charge in [-0.3, -0.25) is 0 Å². The molecule has 0 bridgehead atoms. The van der Waals surface area contributed by atoms with Crippen molar-refractivity contribution < 1.29 is 4.74 Å². The number of nitrogens with zero attached hydrogens (tertiary/aromatic N) is 1. The number of hydrogen-bond acceptors (Lipinski definition) is 3. The number of nitrogens with two attached hydrogens (primary N) is 1. The second-order valence-electron chi connectivity index (χ2n) is 4.98. The first-order valence-electron chi connectivity index (χ1n) is 6.93. The number of likely N-dealkylation sites (N-methyl/N-ethyl adjacent to an activating group) is 1. The van der Waals surface area contributed by atoms with Crippen LogP contribution in [0, 0.1) is 0 Å². The van der Waals surface area contributed by atoms with E-state index in [1.54, 1.807) is 0 Å². The van der Waals surface area contributed by atoms with E-state index in [1.165, 1.54) is 5.56 Å². The molecular weight excluding hydrogens is 256 g/mol. The second-order valence-corrected chi connectivity index (χ2v) is 5.51. The number of para-hydroxylation sites is 1. The molecule has 2 rings (SSSR count). The van der Waals surface area contributed by atoms with Gasteiger partial charge < -0.3 is 15.4 Å². The van der Waals surface area contributed by atoms with Crippen LogP contribution in [0.4, 0.5) is 0 Å². The smallest absolute Gasteiger partial charge is 0.122 e. The van der Waals surface area contributed by atoms with Crippen LogP contribution in [0.3, 0.4) is 0 Å². The van der Waals surface area contributed by atoms with E-state index in [1.807, 2.05) is 6.07 Å². The van der Waals surface area contributed by atoms with Gasteiger partial charge in [-0.1, -0.05) is 37.3 Å². The molecule has 2 N–H and O–H groups in total. The third kappa shape index (κ3) is 3.91. The molecule has 1 aliphatic heterocycles. The number of hydrogen-bond donors (Lipinski definition) is 1. The van der Waals surface area contributed by atoms with Gasteiger partial charge in [0, 0.05) is 25.4 Å². The standard InChI is InChI=1S/C15H22N2OS/c1-2-17(9-7-15(16)19)11-12-8-10-18-14-6-4-3-5-13(12)14/h3-6,12H,2,7-11H2,1H3,(H2,16,19). The van der Waals surface area contributed by atoms with Crippen LogP contribution in [0.25, 0.3) is 0 Å². The predicted molar refractivity (Wildman–Crippen MR) is 82.8 cm³/mol. The second kappa shape index (κ2) is 6.87. The molecule has 1 aromatic rings. The molecule has 1 heterocycles. The van der Waals surface area contributed by atoms with E-state index in [-0.39, 0.29) is 0 Å². The van der Waals surface area contributed by atoms with Crippen molar-refractivity contribution in [1.82, 2.24) is 4.90 Å². The number of ether oxygens (including phenoxy) is 1. The Labute approximate surface area is 120 Å². The first-order valence-corrected chi connectivity index (χ1v) is 7.34. The van der Waals surface area contributed by atoms with Gasteiger partial charge >= 0.3 is 0 Å². The van der Waals surface area contributed by atoms with Crippen molar-refractivity contribution >= 4 is 17.2 Å². The summed E-state index contributed by atoms with van der Waals surface area (Å²) in [6.45, 7) is 6.03. The fourth-order valence-corrected chi connectivity index (χ4v) is 2.66. The van der Waals surface area contributed by atoms with Crippen molar-refractivity contribution in [3.05, 3.63) is 29.8 Å². The molecule has 1 aliphatic rings. The lowest BCUT2D eigenvalue weighted by Gasteiger charge is -2.30. The van der Waals surface area contributed by atoms with Gasteiger partial charge in [0.05, 0.1) is 11.6 Å². The largest absolute Gasteiger partial charge is 0.493 e. The van der Waals surface area contributed by atoms with Gasteiger partial charge in [0.25, 0.3) is 0 Å². The summed E-state index contributed by atoms with van der Waals surface area (Å²) in [7, 11) is 0. The summed E-state index contributed by atoms with van der Waals surface area (Å²) in [4.78, 5) is 3.03. The highest BCUT2D eigenvalue weighted by Crippen LogP contribution is 2.33. The summed E-state index contributed by atoms with van der Waals surface area (Å²) >= 11 is 4.96. The van der Waals surface area contributed by atoms with Crippen molar-refractivity contribution in [3.63, 3.8) is 0 Å². The molecule has 0 saturated carbocycles. The molecule has 0 aromatic heterocycles. The van der Waals surface area contributed by atoms with Gasteiger partial charge in [-0.25, -0.2) is 0 Å². The molecule has 1 aromatic carbocycles. The summed E-state index contributed by atoms with van der Waals surface area (Å²) in [6.07, 6.45) is 1.88. The van der Waals surface area contributed by atoms with Gasteiger partial charge in [-0.2, -0.15) is 0 Å². The predicted octanol–water partition coefficient (Wildman–Crippen LogP) is 2.55. The number of rotatable bonds is 6. The topological polar surface area (TPSA) is 38.5 Å². The van der Waals surface area contributed by atoms with Crippen LogP contribution in [-0.2, 0) is 0 Å². The average Bonchev–Trinajstić information content (AvgIpc) is 2.43. The van der Waals surface area contributed by atoms with Crippen LogP contribution >= 0.6 is 12.2 Å². The fourth-order valence-electron chi connectivity index (χ4n) is 2.56.